The van der Waals surface area contributed by atoms with E-state index in [9.17, 15) is 9.59 Å². The van der Waals surface area contributed by atoms with E-state index in [0.29, 0.717) is 0 Å². The summed E-state index contributed by atoms with van der Waals surface area (Å²) in [6, 6.07) is 7.86. The van der Waals surface area contributed by atoms with Crippen LogP contribution in [-0.2, 0) is 16.0 Å². The zero-order valence-corrected chi connectivity index (χ0v) is 14.1. The molecular formula is C18H24N2O3. The van der Waals surface area contributed by atoms with E-state index in [-0.39, 0.29) is 24.7 Å². The number of amides is 1. The predicted molar refractivity (Wildman–Crippen MR) is 90.4 cm³/mol. The number of nitrogens with one attached hydrogen (secondary N) is 2. The summed E-state index contributed by atoms with van der Waals surface area (Å²) in [6.07, 6.45) is 0.140. The van der Waals surface area contributed by atoms with E-state index in [2.05, 4.69) is 10.3 Å². The molecule has 1 unspecified atom stereocenters. The van der Waals surface area contributed by atoms with E-state index >= 15 is 0 Å². The maximum atomic E-state index is 12.5. The first kappa shape index (κ1) is 17.1. The second-order valence-corrected chi connectivity index (χ2v) is 6.64. The van der Waals surface area contributed by atoms with Crippen molar-refractivity contribution in [3.63, 3.8) is 0 Å². The number of rotatable bonds is 6. The Morgan fingerprint density at radius 1 is 1.30 bits per heavy atom. The van der Waals surface area contributed by atoms with Crippen molar-refractivity contribution in [2.24, 2.45) is 5.92 Å². The molecule has 0 aliphatic heterocycles. The van der Waals surface area contributed by atoms with Gasteiger partial charge in [-0.25, -0.2) is 0 Å². The number of aromatic amines is 1. The topological polar surface area (TPSA) is 82.2 Å². The summed E-state index contributed by atoms with van der Waals surface area (Å²) in [5.74, 6) is -1.05. The van der Waals surface area contributed by atoms with Gasteiger partial charge in [0.15, 0.2) is 0 Å². The van der Waals surface area contributed by atoms with Crippen LogP contribution in [0.2, 0.25) is 0 Å². The minimum Gasteiger partial charge on any atom is -0.481 e. The molecule has 0 aliphatic carbocycles. The Kier molecular flexibility index (Phi) is 4.78. The molecule has 0 aliphatic rings. The van der Waals surface area contributed by atoms with Gasteiger partial charge in [0.2, 0.25) is 5.91 Å². The van der Waals surface area contributed by atoms with Crippen LogP contribution in [0, 0.1) is 12.8 Å². The van der Waals surface area contributed by atoms with E-state index < -0.39 is 11.5 Å². The molecule has 1 heterocycles. The van der Waals surface area contributed by atoms with E-state index in [4.69, 9.17) is 5.11 Å². The standard InChI is InChI=1S/C18H24N2O3/c1-11(2)18(4,10-17(22)23)20-16(21)9-14-12(3)19-15-8-6-5-7-13(14)15/h5-8,11,19H,9-10H2,1-4H3,(H,20,21)(H,22,23). The first-order valence-corrected chi connectivity index (χ1v) is 7.82. The quantitative estimate of drug-likeness (QED) is 0.766. The number of para-hydroxylation sites is 1. The van der Waals surface area contributed by atoms with E-state index in [1.165, 1.54) is 0 Å². The van der Waals surface area contributed by atoms with Crippen molar-refractivity contribution in [3.8, 4) is 0 Å². The van der Waals surface area contributed by atoms with E-state index in [1.807, 2.05) is 45.0 Å². The largest absolute Gasteiger partial charge is 0.481 e. The lowest BCUT2D eigenvalue weighted by atomic mass is 9.85. The molecule has 2 aromatic rings. The van der Waals surface area contributed by atoms with Crippen LogP contribution >= 0.6 is 0 Å². The van der Waals surface area contributed by atoms with Crippen molar-refractivity contribution in [2.75, 3.05) is 0 Å². The molecule has 1 aromatic heterocycles. The summed E-state index contributed by atoms with van der Waals surface area (Å²) in [7, 11) is 0. The maximum Gasteiger partial charge on any atom is 0.305 e. The van der Waals surface area contributed by atoms with Gasteiger partial charge in [-0.15, -0.1) is 0 Å². The van der Waals surface area contributed by atoms with Gasteiger partial charge < -0.3 is 15.4 Å². The third-order valence-electron chi connectivity index (χ3n) is 4.58. The minimum atomic E-state index is -0.912. The summed E-state index contributed by atoms with van der Waals surface area (Å²) in [5.41, 5.74) is 2.17. The third kappa shape index (κ3) is 3.73. The van der Waals surface area contributed by atoms with Crippen LogP contribution in [0.15, 0.2) is 24.3 Å². The van der Waals surface area contributed by atoms with Gasteiger partial charge in [-0.1, -0.05) is 32.0 Å². The number of hydrogen-bond donors (Lipinski definition) is 3. The molecule has 5 nitrogen and oxygen atoms in total. The second kappa shape index (κ2) is 6.44. The lowest BCUT2D eigenvalue weighted by Crippen LogP contribution is -2.51. The third-order valence-corrected chi connectivity index (χ3v) is 4.58. The zero-order valence-electron chi connectivity index (χ0n) is 14.1. The van der Waals surface area contributed by atoms with Gasteiger partial charge >= 0.3 is 5.97 Å². The SMILES string of the molecule is Cc1[nH]c2ccccc2c1CC(=O)NC(C)(CC(=O)O)C(C)C. The summed E-state index contributed by atoms with van der Waals surface area (Å²) < 4.78 is 0. The number of fused-ring (bicyclic) bond motifs is 1. The fourth-order valence-corrected chi connectivity index (χ4v) is 2.79. The van der Waals surface area contributed by atoms with Crippen LogP contribution < -0.4 is 5.32 Å². The van der Waals surface area contributed by atoms with Crippen LogP contribution in [0.25, 0.3) is 10.9 Å². The monoisotopic (exact) mass is 316 g/mol. The summed E-state index contributed by atoms with van der Waals surface area (Å²) in [5, 5.41) is 13.0. The van der Waals surface area contributed by atoms with Gasteiger partial charge in [-0.3, -0.25) is 9.59 Å². The molecule has 0 saturated heterocycles. The Labute approximate surface area is 136 Å². The number of aryl methyl sites for hydroxylation is 1. The Bertz CT molecular complexity index is 733. The smallest absolute Gasteiger partial charge is 0.305 e. The number of hydrogen-bond acceptors (Lipinski definition) is 2. The number of carbonyl (C=O) groups is 2. The van der Waals surface area contributed by atoms with Gasteiger partial charge in [0.1, 0.15) is 0 Å². The number of H-pyrrole nitrogens is 1. The molecule has 1 atom stereocenters. The maximum absolute atomic E-state index is 12.5. The predicted octanol–water partition coefficient (Wildman–Crippen LogP) is 3.02. The summed E-state index contributed by atoms with van der Waals surface area (Å²) in [6.45, 7) is 7.56. The second-order valence-electron chi connectivity index (χ2n) is 6.64. The Hall–Kier alpha value is -2.30. The number of carboxylic acids is 1. The molecule has 0 bridgehead atoms. The van der Waals surface area contributed by atoms with Crippen LogP contribution in [0.3, 0.4) is 0 Å². The lowest BCUT2D eigenvalue weighted by molar-refractivity contribution is -0.139. The fraction of sp³-hybridized carbons (Fsp3) is 0.444. The highest BCUT2D eigenvalue weighted by atomic mass is 16.4. The molecule has 3 N–H and O–H groups in total. The van der Waals surface area contributed by atoms with Crippen molar-refractivity contribution in [1.82, 2.24) is 10.3 Å². The molecule has 0 fully saturated rings. The Balaban J connectivity index is 2.20. The first-order valence-electron chi connectivity index (χ1n) is 7.82. The molecule has 0 spiro atoms. The highest BCUT2D eigenvalue weighted by Crippen LogP contribution is 2.24. The summed E-state index contributed by atoms with van der Waals surface area (Å²) in [4.78, 5) is 26.9. The van der Waals surface area contributed by atoms with Crippen molar-refractivity contribution >= 4 is 22.8 Å². The fourth-order valence-electron chi connectivity index (χ4n) is 2.79. The molecule has 5 heteroatoms. The zero-order chi connectivity index (χ0) is 17.2. The molecule has 0 saturated carbocycles. The molecule has 0 radical (unpaired) electrons. The molecule has 23 heavy (non-hydrogen) atoms. The van der Waals surface area contributed by atoms with Crippen LogP contribution in [0.5, 0.6) is 0 Å². The molecule has 124 valence electrons. The van der Waals surface area contributed by atoms with E-state index in [1.54, 1.807) is 6.92 Å². The average molecular weight is 316 g/mol. The van der Waals surface area contributed by atoms with Crippen LogP contribution in [0.1, 0.15) is 38.4 Å². The lowest BCUT2D eigenvalue weighted by Gasteiger charge is -2.33. The van der Waals surface area contributed by atoms with Crippen molar-refractivity contribution in [3.05, 3.63) is 35.5 Å². The average Bonchev–Trinajstić information content (AvgIpc) is 2.74. The highest BCUT2D eigenvalue weighted by molar-refractivity contribution is 5.90. The Morgan fingerprint density at radius 2 is 1.96 bits per heavy atom. The van der Waals surface area contributed by atoms with Crippen LogP contribution in [0.4, 0.5) is 0 Å². The Morgan fingerprint density at radius 3 is 2.57 bits per heavy atom. The molecule has 2 rings (SSSR count). The number of carbonyl (C=O) groups excluding carboxylic acids is 1. The van der Waals surface area contributed by atoms with Crippen molar-refractivity contribution in [2.45, 2.75) is 46.1 Å². The number of aliphatic carboxylic acids is 1. The number of aromatic nitrogens is 1. The van der Waals surface area contributed by atoms with Gasteiger partial charge in [-0.2, -0.15) is 0 Å². The normalized spacial score (nSPS) is 14.0. The molecule has 1 aromatic carbocycles. The number of carboxylic acid groups (broad SMARTS) is 1. The van der Waals surface area contributed by atoms with E-state index in [0.717, 1.165) is 22.2 Å². The minimum absolute atomic E-state index is 0.0200. The van der Waals surface area contributed by atoms with Crippen molar-refractivity contribution < 1.29 is 14.7 Å². The van der Waals surface area contributed by atoms with Crippen LogP contribution in [-0.4, -0.2) is 27.5 Å². The first-order chi connectivity index (χ1) is 10.7. The summed E-state index contributed by atoms with van der Waals surface area (Å²) >= 11 is 0. The molecular weight excluding hydrogens is 292 g/mol. The number of benzene rings is 1. The van der Waals surface area contributed by atoms with Gasteiger partial charge in [0.05, 0.1) is 12.8 Å². The van der Waals surface area contributed by atoms with Crippen molar-refractivity contribution in [1.29, 1.82) is 0 Å². The highest BCUT2D eigenvalue weighted by Gasteiger charge is 2.33. The van der Waals surface area contributed by atoms with Gasteiger partial charge in [0.25, 0.3) is 0 Å². The van der Waals surface area contributed by atoms with Gasteiger partial charge in [0, 0.05) is 22.1 Å². The molecule has 1 amide bonds. The van der Waals surface area contributed by atoms with Gasteiger partial charge in [-0.05, 0) is 31.4 Å².